The molecule has 1 aromatic carbocycles. The van der Waals surface area contributed by atoms with Crippen molar-refractivity contribution in [3.05, 3.63) is 35.4 Å². The van der Waals surface area contributed by atoms with Crippen LogP contribution in [0.25, 0.3) is 0 Å². The van der Waals surface area contributed by atoms with Crippen molar-refractivity contribution in [2.24, 2.45) is 5.92 Å². The Morgan fingerprint density at radius 2 is 2.26 bits per heavy atom. The Bertz CT molecular complexity index is 362. The number of hydrogen-bond acceptors (Lipinski definition) is 3. The summed E-state index contributed by atoms with van der Waals surface area (Å²) < 4.78 is 11.1. The lowest BCUT2D eigenvalue weighted by molar-refractivity contribution is 0.0791. The lowest BCUT2D eigenvalue weighted by Crippen LogP contribution is -2.14. The van der Waals surface area contributed by atoms with E-state index in [1.165, 1.54) is 17.5 Å². The first-order chi connectivity index (χ1) is 9.38. The van der Waals surface area contributed by atoms with Crippen LogP contribution in [-0.2, 0) is 22.6 Å². The first kappa shape index (κ1) is 14.5. The van der Waals surface area contributed by atoms with E-state index in [1.54, 1.807) is 0 Å². The Morgan fingerprint density at radius 3 is 3.05 bits per heavy atom. The van der Waals surface area contributed by atoms with Gasteiger partial charge in [-0.25, -0.2) is 0 Å². The van der Waals surface area contributed by atoms with Gasteiger partial charge in [0, 0.05) is 19.1 Å². The first-order valence-electron chi connectivity index (χ1n) is 7.32. The fourth-order valence-corrected chi connectivity index (χ4v) is 2.30. The molecule has 1 atom stereocenters. The molecule has 0 saturated carbocycles. The van der Waals surface area contributed by atoms with Crippen LogP contribution < -0.4 is 5.32 Å². The van der Waals surface area contributed by atoms with Crippen molar-refractivity contribution in [3.8, 4) is 0 Å². The highest BCUT2D eigenvalue weighted by Crippen LogP contribution is 2.14. The topological polar surface area (TPSA) is 30.5 Å². The summed E-state index contributed by atoms with van der Waals surface area (Å²) in [6.07, 6.45) is 2.31. The molecular formula is C16H25NO2. The van der Waals surface area contributed by atoms with Crippen LogP contribution in [0.2, 0.25) is 0 Å². The average molecular weight is 263 g/mol. The van der Waals surface area contributed by atoms with Gasteiger partial charge in [-0.2, -0.15) is 0 Å². The molecule has 0 amide bonds. The van der Waals surface area contributed by atoms with Crippen molar-refractivity contribution in [3.63, 3.8) is 0 Å². The van der Waals surface area contributed by atoms with Crippen LogP contribution in [-0.4, -0.2) is 26.4 Å². The van der Waals surface area contributed by atoms with Gasteiger partial charge in [-0.3, -0.25) is 0 Å². The number of ether oxygens (including phenoxy) is 2. The molecule has 1 unspecified atom stereocenters. The van der Waals surface area contributed by atoms with Crippen molar-refractivity contribution in [1.82, 2.24) is 5.32 Å². The Hall–Kier alpha value is -0.900. The van der Waals surface area contributed by atoms with E-state index in [9.17, 15) is 0 Å². The lowest BCUT2D eigenvalue weighted by Gasteiger charge is -2.10. The Kier molecular flexibility index (Phi) is 6.34. The summed E-state index contributed by atoms with van der Waals surface area (Å²) in [5.74, 6) is 0.592. The van der Waals surface area contributed by atoms with Crippen LogP contribution in [0.5, 0.6) is 0 Å². The number of benzene rings is 1. The SMILES string of the molecule is CCCNCc1cccc(COCC2CCOC2)c1. The second-order valence-corrected chi connectivity index (χ2v) is 5.24. The van der Waals surface area contributed by atoms with Gasteiger partial charge >= 0.3 is 0 Å². The molecule has 0 aromatic heterocycles. The van der Waals surface area contributed by atoms with E-state index in [0.29, 0.717) is 12.5 Å². The molecular weight excluding hydrogens is 238 g/mol. The normalized spacial score (nSPS) is 18.9. The highest BCUT2D eigenvalue weighted by atomic mass is 16.5. The third-order valence-electron chi connectivity index (χ3n) is 3.39. The minimum absolute atomic E-state index is 0.592. The van der Waals surface area contributed by atoms with Crippen molar-refractivity contribution in [2.75, 3.05) is 26.4 Å². The second-order valence-electron chi connectivity index (χ2n) is 5.24. The lowest BCUT2D eigenvalue weighted by atomic mass is 10.1. The molecule has 1 aliphatic heterocycles. The van der Waals surface area contributed by atoms with Gasteiger partial charge < -0.3 is 14.8 Å². The fourth-order valence-electron chi connectivity index (χ4n) is 2.30. The minimum atomic E-state index is 0.592. The summed E-state index contributed by atoms with van der Waals surface area (Å²) in [7, 11) is 0. The Morgan fingerprint density at radius 1 is 1.37 bits per heavy atom. The highest BCUT2D eigenvalue weighted by molar-refractivity contribution is 5.22. The predicted molar refractivity (Wildman–Crippen MR) is 77.0 cm³/mol. The monoisotopic (exact) mass is 263 g/mol. The maximum absolute atomic E-state index is 5.78. The predicted octanol–water partition coefficient (Wildman–Crippen LogP) is 2.74. The molecule has 1 N–H and O–H groups in total. The van der Waals surface area contributed by atoms with Gasteiger partial charge in [0.25, 0.3) is 0 Å². The average Bonchev–Trinajstić information content (AvgIpc) is 2.93. The summed E-state index contributed by atoms with van der Waals surface area (Å²) >= 11 is 0. The molecule has 1 saturated heterocycles. The van der Waals surface area contributed by atoms with Gasteiger partial charge in [0.05, 0.1) is 19.8 Å². The zero-order chi connectivity index (χ0) is 13.3. The van der Waals surface area contributed by atoms with E-state index in [4.69, 9.17) is 9.47 Å². The maximum Gasteiger partial charge on any atom is 0.0717 e. The standard InChI is InChI=1S/C16H25NO2/c1-2-7-17-10-14-4-3-5-15(9-14)11-19-13-16-6-8-18-12-16/h3-5,9,16-17H,2,6-8,10-13H2,1H3. The van der Waals surface area contributed by atoms with E-state index in [2.05, 4.69) is 36.5 Å². The molecule has 3 heteroatoms. The summed E-state index contributed by atoms with van der Waals surface area (Å²) in [6.45, 7) is 7.48. The zero-order valence-electron chi connectivity index (χ0n) is 11.9. The fraction of sp³-hybridized carbons (Fsp3) is 0.625. The first-order valence-corrected chi connectivity index (χ1v) is 7.32. The molecule has 1 heterocycles. The maximum atomic E-state index is 5.78. The van der Waals surface area contributed by atoms with Gasteiger partial charge in [-0.1, -0.05) is 31.2 Å². The van der Waals surface area contributed by atoms with Crippen LogP contribution in [0.15, 0.2) is 24.3 Å². The van der Waals surface area contributed by atoms with Crippen molar-refractivity contribution < 1.29 is 9.47 Å². The number of nitrogens with one attached hydrogen (secondary N) is 1. The third kappa shape index (κ3) is 5.31. The molecule has 1 aliphatic rings. The molecule has 2 rings (SSSR count). The van der Waals surface area contributed by atoms with Gasteiger partial charge in [0.2, 0.25) is 0 Å². The van der Waals surface area contributed by atoms with Crippen LogP contribution in [0.1, 0.15) is 30.9 Å². The number of rotatable bonds is 8. The van der Waals surface area contributed by atoms with Crippen molar-refractivity contribution >= 4 is 0 Å². The Labute approximate surface area is 116 Å². The van der Waals surface area contributed by atoms with E-state index in [1.807, 2.05) is 0 Å². The quantitative estimate of drug-likeness (QED) is 0.732. The Balaban J connectivity index is 1.71. The van der Waals surface area contributed by atoms with E-state index in [-0.39, 0.29) is 0 Å². The smallest absolute Gasteiger partial charge is 0.0717 e. The molecule has 1 aromatic rings. The van der Waals surface area contributed by atoms with Crippen LogP contribution in [0, 0.1) is 5.92 Å². The van der Waals surface area contributed by atoms with Gasteiger partial charge in [-0.05, 0) is 30.5 Å². The minimum Gasteiger partial charge on any atom is -0.381 e. The molecule has 3 nitrogen and oxygen atoms in total. The van der Waals surface area contributed by atoms with Crippen LogP contribution in [0.3, 0.4) is 0 Å². The van der Waals surface area contributed by atoms with Crippen LogP contribution in [0.4, 0.5) is 0 Å². The zero-order valence-corrected chi connectivity index (χ0v) is 11.9. The van der Waals surface area contributed by atoms with E-state index >= 15 is 0 Å². The summed E-state index contributed by atoms with van der Waals surface area (Å²) in [4.78, 5) is 0. The van der Waals surface area contributed by atoms with Crippen molar-refractivity contribution in [2.45, 2.75) is 32.9 Å². The second kappa shape index (κ2) is 8.31. The summed E-state index contributed by atoms with van der Waals surface area (Å²) in [5, 5.41) is 3.42. The molecule has 0 spiro atoms. The van der Waals surface area contributed by atoms with E-state index in [0.717, 1.165) is 39.3 Å². The third-order valence-corrected chi connectivity index (χ3v) is 3.39. The highest BCUT2D eigenvalue weighted by Gasteiger charge is 2.15. The molecule has 0 radical (unpaired) electrons. The van der Waals surface area contributed by atoms with Gasteiger partial charge in [0.15, 0.2) is 0 Å². The molecule has 0 aliphatic carbocycles. The largest absolute Gasteiger partial charge is 0.381 e. The van der Waals surface area contributed by atoms with E-state index < -0.39 is 0 Å². The van der Waals surface area contributed by atoms with Crippen LogP contribution >= 0.6 is 0 Å². The van der Waals surface area contributed by atoms with Crippen molar-refractivity contribution in [1.29, 1.82) is 0 Å². The van der Waals surface area contributed by atoms with Gasteiger partial charge in [0.1, 0.15) is 0 Å². The molecule has 106 valence electrons. The molecule has 19 heavy (non-hydrogen) atoms. The number of hydrogen-bond donors (Lipinski definition) is 1. The summed E-state index contributed by atoms with van der Waals surface area (Å²) in [6, 6.07) is 8.64. The molecule has 1 fully saturated rings. The van der Waals surface area contributed by atoms with Gasteiger partial charge in [-0.15, -0.1) is 0 Å². The summed E-state index contributed by atoms with van der Waals surface area (Å²) in [5.41, 5.74) is 2.59. The molecule has 0 bridgehead atoms.